The molecule has 0 saturated heterocycles. The van der Waals surface area contributed by atoms with Crippen LogP contribution in [-0.4, -0.2) is 17.0 Å². The predicted molar refractivity (Wildman–Crippen MR) is 115 cm³/mol. The van der Waals surface area contributed by atoms with E-state index in [1.165, 1.54) is 0 Å². The Labute approximate surface area is 177 Å². The summed E-state index contributed by atoms with van der Waals surface area (Å²) in [6.07, 6.45) is 1.33. The van der Waals surface area contributed by atoms with Gasteiger partial charge in [-0.25, -0.2) is 9.59 Å². The molecule has 2 N–H and O–H groups in total. The molecule has 0 aliphatic rings. The molecule has 1 unspecified atom stereocenters. The number of carbonyl (C=O) groups is 2. The number of fused-ring (bicyclic) bond motifs is 3. The lowest BCUT2D eigenvalue weighted by Crippen LogP contribution is -2.35. The van der Waals surface area contributed by atoms with Crippen LogP contribution in [0, 0.1) is 20.8 Å². The minimum atomic E-state index is -1.22. The summed E-state index contributed by atoms with van der Waals surface area (Å²) in [6, 6.07) is 8.95. The third-order valence-electron chi connectivity index (χ3n) is 5.49. The van der Waals surface area contributed by atoms with Gasteiger partial charge in [-0.3, -0.25) is 4.79 Å². The fourth-order valence-corrected chi connectivity index (χ4v) is 3.98. The van der Waals surface area contributed by atoms with Gasteiger partial charge >= 0.3 is 11.6 Å². The largest absolute Gasteiger partial charge is 0.479 e. The van der Waals surface area contributed by atoms with Crippen molar-refractivity contribution < 1.29 is 23.5 Å². The molecule has 7 heteroatoms. The van der Waals surface area contributed by atoms with Crippen molar-refractivity contribution in [1.82, 2.24) is 5.32 Å². The Morgan fingerprint density at radius 1 is 1.06 bits per heavy atom. The zero-order valence-corrected chi connectivity index (χ0v) is 17.3. The zero-order valence-electron chi connectivity index (χ0n) is 17.3. The Bertz CT molecular complexity index is 1380. The molecule has 0 spiro atoms. The van der Waals surface area contributed by atoms with Crippen LogP contribution in [0.3, 0.4) is 0 Å². The van der Waals surface area contributed by atoms with Gasteiger partial charge in [0.2, 0.25) is 5.91 Å². The van der Waals surface area contributed by atoms with Crippen LogP contribution in [0.15, 0.2) is 56.3 Å². The van der Waals surface area contributed by atoms with Crippen LogP contribution in [0.1, 0.15) is 33.9 Å². The van der Waals surface area contributed by atoms with Gasteiger partial charge < -0.3 is 19.3 Å². The van der Waals surface area contributed by atoms with Crippen molar-refractivity contribution in [2.24, 2.45) is 0 Å². The van der Waals surface area contributed by atoms with Gasteiger partial charge in [0.25, 0.3) is 0 Å². The third kappa shape index (κ3) is 3.59. The topological polar surface area (TPSA) is 110 Å². The summed E-state index contributed by atoms with van der Waals surface area (Å²) in [4.78, 5) is 37.0. The smallest absolute Gasteiger partial charge is 0.340 e. The number of amides is 1. The molecule has 1 atom stereocenters. The number of hydrogen-bond donors (Lipinski definition) is 2. The number of nitrogens with one attached hydrogen (secondary N) is 1. The van der Waals surface area contributed by atoms with Crippen molar-refractivity contribution in [3.63, 3.8) is 0 Å². The summed E-state index contributed by atoms with van der Waals surface area (Å²) in [6.45, 7) is 5.58. The van der Waals surface area contributed by atoms with Crippen LogP contribution in [0.4, 0.5) is 0 Å². The summed E-state index contributed by atoms with van der Waals surface area (Å²) < 4.78 is 11.2. The molecule has 158 valence electrons. The number of furan rings is 1. The number of carbonyl (C=O) groups excluding carboxylic acids is 1. The maximum absolute atomic E-state index is 12.7. The van der Waals surface area contributed by atoms with Gasteiger partial charge in [0, 0.05) is 5.39 Å². The maximum Gasteiger partial charge on any atom is 0.340 e. The van der Waals surface area contributed by atoms with E-state index in [1.807, 2.05) is 13.8 Å². The molecule has 4 aromatic rings. The third-order valence-corrected chi connectivity index (χ3v) is 5.49. The van der Waals surface area contributed by atoms with E-state index in [4.69, 9.17) is 8.83 Å². The summed E-state index contributed by atoms with van der Waals surface area (Å²) in [5.74, 6) is -1.78. The summed E-state index contributed by atoms with van der Waals surface area (Å²) in [7, 11) is 0. The molecule has 0 radical (unpaired) electrons. The minimum absolute atomic E-state index is 0.168. The Morgan fingerprint density at radius 3 is 2.45 bits per heavy atom. The number of aliphatic carboxylic acids is 1. The second-order valence-corrected chi connectivity index (χ2v) is 7.61. The van der Waals surface area contributed by atoms with Gasteiger partial charge in [-0.05, 0) is 49.1 Å². The standard InChI is InChI=1S/C24H21NO6/c1-12-9-17-20(22-19(12)13(2)11-30-22)14(3)16(24(29)31-17)10-18(26)25-21(23(27)28)15-7-5-4-6-8-15/h4-9,11,21H,10H2,1-3H3,(H,25,26)(H,27,28). The highest BCUT2D eigenvalue weighted by Gasteiger charge is 2.24. The average Bonchev–Trinajstić information content (AvgIpc) is 3.11. The fraction of sp³-hybridized carbons (Fsp3) is 0.208. The van der Waals surface area contributed by atoms with Crippen LogP contribution in [0.25, 0.3) is 21.9 Å². The van der Waals surface area contributed by atoms with E-state index < -0.39 is 23.5 Å². The highest BCUT2D eigenvalue weighted by molar-refractivity contribution is 6.07. The highest BCUT2D eigenvalue weighted by atomic mass is 16.4. The lowest BCUT2D eigenvalue weighted by Gasteiger charge is -2.15. The van der Waals surface area contributed by atoms with E-state index in [0.717, 1.165) is 16.5 Å². The number of aryl methyl sites for hydroxylation is 3. The first-order valence-electron chi connectivity index (χ1n) is 9.78. The summed E-state index contributed by atoms with van der Waals surface area (Å²) in [5.41, 5.74) is 3.43. The van der Waals surface area contributed by atoms with Gasteiger partial charge in [-0.15, -0.1) is 0 Å². The van der Waals surface area contributed by atoms with Gasteiger partial charge in [0.1, 0.15) is 11.2 Å². The zero-order chi connectivity index (χ0) is 22.3. The van der Waals surface area contributed by atoms with Crippen LogP contribution < -0.4 is 10.9 Å². The van der Waals surface area contributed by atoms with Crippen molar-refractivity contribution in [3.8, 4) is 0 Å². The predicted octanol–water partition coefficient (Wildman–Crippen LogP) is 3.95. The first kappa shape index (κ1) is 20.4. The van der Waals surface area contributed by atoms with E-state index in [9.17, 15) is 19.5 Å². The SMILES string of the molecule is Cc1coc2c1c(C)cc1oc(=O)c(CC(=O)NC(C(=O)O)c3ccccc3)c(C)c12. The Kier molecular flexibility index (Phi) is 5.10. The lowest BCUT2D eigenvalue weighted by atomic mass is 9.98. The quantitative estimate of drug-likeness (QED) is 0.474. The van der Waals surface area contributed by atoms with Gasteiger partial charge in [0.05, 0.1) is 23.6 Å². The van der Waals surface area contributed by atoms with E-state index in [2.05, 4.69) is 5.32 Å². The molecule has 0 fully saturated rings. The molecule has 2 aromatic heterocycles. The molecule has 1 amide bonds. The van der Waals surface area contributed by atoms with Gasteiger partial charge in [-0.1, -0.05) is 30.3 Å². The van der Waals surface area contributed by atoms with Crippen LogP contribution in [0.2, 0.25) is 0 Å². The first-order chi connectivity index (χ1) is 14.8. The second-order valence-electron chi connectivity index (χ2n) is 7.61. The molecule has 4 rings (SSSR count). The van der Waals surface area contributed by atoms with E-state index >= 15 is 0 Å². The molecule has 0 aliphatic carbocycles. The van der Waals surface area contributed by atoms with Crippen molar-refractivity contribution in [2.75, 3.05) is 0 Å². The van der Waals surface area contributed by atoms with E-state index in [-0.39, 0.29) is 12.0 Å². The molecular weight excluding hydrogens is 398 g/mol. The van der Waals surface area contributed by atoms with E-state index in [1.54, 1.807) is 49.6 Å². The Hall–Kier alpha value is -3.87. The number of hydrogen-bond acceptors (Lipinski definition) is 5. The van der Waals surface area contributed by atoms with Crippen molar-refractivity contribution in [2.45, 2.75) is 33.2 Å². The van der Waals surface area contributed by atoms with Crippen molar-refractivity contribution >= 4 is 33.8 Å². The first-order valence-corrected chi connectivity index (χ1v) is 9.78. The van der Waals surface area contributed by atoms with Crippen LogP contribution in [0.5, 0.6) is 0 Å². The average molecular weight is 419 g/mol. The minimum Gasteiger partial charge on any atom is -0.479 e. The second kappa shape index (κ2) is 7.75. The Morgan fingerprint density at radius 2 is 1.77 bits per heavy atom. The Balaban J connectivity index is 1.74. The number of carboxylic acids is 1. The van der Waals surface area contributed by atoms with Gasteiger partial charge in [-0.2, -0.15) is 0 Å². The lowest BCUT2D eigenvalue weighted by molar-refractivity contribution is -0.142. The van der Waals surface area contributed by atoms with Gasteiger partial charge in [0.15, 0.2) is 6.04 Å². The van der Waals surface area contributed by atoms with E-state index in [0.29, 0.717) is 27.7 Å². The molecule has 0 saturated carbocycles. The fourth-order valence-electron chi connectivity index (χ4n) is 3.98. The highest BCUT2D eigenvalue weighted by Crippen LogP contribution is 2.34. The molecule has 31 heavy (non-hydrogen) atoms. The summed E-state index contributed by atoms with van der Waals surface area (Å²) >= 11 is 0. The summed E-state index contributed by atoms with van der Waals surface area (Å²) in [5, 5.41) is 13.6. The molecule has 2 aromatic carbocycles. The van der Waals surface area contributed by atoms with Crippen molar-refractivity contribution in [3.05, 3.63) is 80.9 Å². The monoisotopic (exact) mass is 419 g/mol. The van der Waals surface area contributed by atoms with Crippen LogP contribution in [-0.2, 0) is 16.0 Å². The van der Waals surface area contributed by atoms with Crippen LogP contribution >= 0.6 is 0 Å². The normalized spacial score (nSPS) is 12.2. The van der Waals surface area contributed by atoms with Crippen molar-refractivity contribution in [1.29, 1.82) is 0 Å². The number of carboxylic acid groups (broad SMARTS) is 1. The maximum atomic E-state index is 12.7. The number of rotatable bonds is 5. The molecule has 0 bridgehead atoms. The molecule has 0 aliphatic heterocycles. The molecule has 7 nitrogen and oxygen atoms in total. The molecule has 2 heterocycles. The molecular formula is C24H21NO6. The number of benzene rings is 2.